The second-order valence-corrected chi connectivity index (χ2v) is 10.6. The summed E-state index contributed by atoms with van der Waals surface area (Å²) in [6.07, 6.45) is -2.64. The van der Waals surface area contributed by atoms with Crippen LogP contribution in [0.25, 0.3) is 22.2 Å². The molecule has 8 nitrogen and oxygen atoms in total. The van der Waals surface area contributed by atoms with Gasteiger partial charge in [0.05, 0.1) is 21.5 Å². The zero-order chi connectivity index (χ0) is 25.5. The van der Waals surface area contributed by atoms with E-state index in [2.05, 4.69) is 20.3 Å². The van der Waals surface area contributed by atoms with Gasteiger partial charge in [0, 0.05) is 25.3 Å². The highest BCUT2D eigenvalue weighted by Gasteiger charge is 2.32. The minimum absolute atomic E-state index is 0.0888. The van der Waals surface area contributed by atoms with Gasteiger partial charge in [0.25, 0.3) is 0 Å². The lowest BCUT2D eigenvalue weighted by atomic mass is 10.1. The molecule has 0 atom stereocenters. The number of fused-ring (bicyclic) bond motifs is 1. The Kier molecular flexibility index (Phi) is 6.08. The predicted molar refractivity (Wildman–Crippen MR) is 131 cm³/mol. The van der Waals surface area contributed by atoms with E-state index < -0.39 is 21.8 Å². The third-order valence-corrected chi connectivity index (χ3v) is 8.14. The van der Waals surface area contributed by atoms with E-state index in [1.165, 1.54) is 10.4 Å². The monoisotopic (exact) mass is 516 g/mol. The van der Waals surface area contributed by atoms with Crippen LogP contribution in [0.15, 0.2) is 65.7 Å². The Balaban J connectivity index is 1.22. The zero-order valence-electron chi connectivity index (χ0n) is 19.0. The van der Waals surface area contributed by atoms with Gasteiger partial charge in [-0.15, -0.1) is 0 Å². The number of aromatic amines is 1. The Labute approximate surface area is 205 Å². The van der Waals surface area contributed by atoms with Gasteiger partial charge in [0.2, 0.25) is 10.0 Å². The van der Waals surface area contributed by atoms with Crippen LogP contribution in [-0.4, -0.2) is 46.8 Å². The number of nitrogens with one attached hydrogen (secondary N) is 2. The largest absolute Gasteiger partial charge is 0.417 e. The number of hydrogen-bond acceptors (Lipinski definition) is 6. The first-order valence-corrected chi connectivity index (χ1v) is 12.7. The third kappa shape index (κ3) is 4.86. The van der Waals surface area contributed by atoms with Gasteiger partial charge in [-0.3, -0.25) is 0 Å². The molecule has 5 rings (SSSR count). The molecule has 4 N–H and O–H groups in total. The van der Waals surface area contributed by atoms with Crippen molar-refractivity contribution < 1.29 is 21.6 Å². The number of sulfonamides is 1. The Morgan fingerprint density at radius 3 is 2.33 bits per heavy atom. The summed E-state index contributed by atoms with van der Waals surface area (Å²) < 4.78 is 65.9. The lowest BCUT2D eigenvalue weighted by Gasteiger charge is -2.32. The average molecular weight is 517 g/mol. The van der Waals surface area contributed by atoms with E-state index in [9.17, 15) is 21.6 Å². The minimum Gasteiger partial charge on any atom is -0.369 e. The molecule has 0 spiro atoms. The number of hydrogen-bond donors (Lipinski definition) is 3. The van der Waals surface area contributed by atoms with Gasteiger partial charge < -0.3 is 16.0 Å². The molecule has 1 aliphatic rings. The average Bonchev–Trinajstić information content (AvgIpc) is 3.23. The summed E-state index contributed by atoms with van der Waals surface area (Å²) in [5.41, 5.74) is 8.18. The number of nitrogens with zero attached hydrogens (tertiary/aromatic N) is 3. The van der Waals surface area contributed by atoms with Crippen LogP contribution in [-0.2, 0) is 16.2 Å². The first-order chi connectivity index (χ1) is 17.1. The van der Waals surface area contributed by atoms with Gasteiger partial charge >= 0.3 is 6.18 Å². The molecule has 0 bridgehead atoms. The predicted octanol–water partition coefficient (Wildman–Crippen LogP) is 4.49. The number of pyridine rings is 1. The van der Waals surface area contributed by atoms with Crippen LogP contribution in [0.3, 0.4) is 0 Å². The minimum atomic E-state index is -4.44. The number of imidazole rings is 1. The van der Waals surface area contributed by atoms with Crippen molar-refractivity contribution in [1.82, 2.24) is 19.3 Å². The summed E-state index contributed by atoms with van der Waals surface area (Å²) in [4.78, 5) is 11.2. The molecule has 0 unspecified atom stereocenters. The molecule has 1 fully saturated rings. The molecule has 4 aromatic rings. The number of aromatic nitrogens is 3. The molecular weight excluding hydrogens is 493 g/mol. The summed E-state index contributed by atoms with van der Waals surface area (Å²) in [6, 6.07) is 14.5. The normalized spacial score (nSPS) is 15.9. The van der Waals surface area contributed by atoms with Crippen molar-refractivity contribution in [1.29, 1.82) is 0 Å². The summed E-state index contributed by atoms with van der Waals surface area (Å²) in [5, 5.41) is 3.10. The van der Waals surface area contributed by atoms with Gasteiger partial charge in [0.15, 0.2) is 5.95 Å². The SMILES string of the molecule is Nc1nc2cc(-c3ccc(S(=O)(=O)N4CCC(Nc5ccc(C(F)(F)F)cn5)CC4)cc3)ccc2[nH]1. The number of H-pyrrole nitrogens is 1. The number of nitrogens with two attached hydrogens (primary N) is 1. The van der Waals surface area contributed by atoms with Crippen molar-refractivity contribution >= 4 is 32.8 Å². The maximum Gasteiger partial charge on any atom is 0.417 e. The van der Waals surface area contributed by atoms with E-state index in [-0.39, 0.29) is 10.9 Å². The fourth-order valence-electron chi connectivity index (χ4n) is 4.27. The molecule has 12 heteroatoms. The van der Waals surface area contributed by atoms with Gasteiger partial charge in [-0.1, -0.05) is 18.2 Å². The first kappa shape index (κ1) is 24.1. The van der Waals surface area contributed by atoms with Crippen LogP contribution in [0.4, 0.5) is 24.9 Å². The number of rotatable bonds is 5. The van der Waals surface area contributed by atoms with Gasteiger partial charge in [-0.05, 0) is 60.4 Å². The smallest absolute Gasteiger partial charge is 0.369 e. The van der Waals surface area contributed by atoms with Crippen LogP contribution in [0, 0.1) is 0 Å². The standard InChI is InChI=1S/C24H23F3N6O2S/c25-24(26,27)17-4-8-22(29-14-17)30-18-9-11-33(12-10-18)36(34,35)19-5-1-15(2-6-19)16-3-7-20-21(13-16)32-23(28)31-20/h1-8,13-14,18H,9-12H2,(H,29,30)(H3,28,31,32). The number of nitrogen functional groups attached to an aromatic ring is 1. The van der Waals surface area contributed by atoms with Crippen molar-refractivity contribution in [2.24, 2.45) is 0 Å². The van der Waals surface area contributed by atoms with Crippen LogP contribution in [0.2, 0.25) is 0 Å². The Hall–Kier alpha value is -3.64. The third-order valence-electron chi connectivity index (χ3n) is 6.22. The van der Waals surface area contributed by atoms with E-state index in [4.69, 9.17) is 5.73 Å². The van der Waals surface area contributed by atoms with E-state index >= 15 is 0 Å². The van der Waals surface area contributed by atoms with Gasteiger partial charge in [-0.2, -0.15) is 17.5 Å². The van der Waals surface area contributed by atoms with E-state index in [0.717, 1.165) is 34.4 Å². The number of anilines is 2. The molecule has 1 aliphatic heterocycles. The quantitative estimate of drug-likeness (QED) is 0.360. The molecule has 0 radical (unpaired) electrons. The number of piperidine rings is 1. The lowest BCUT2D eigenvalue weighted by Crippen LogP contribution is -2.42. The van der Waals surface area contributed by atoms with Crippen molar-refractivity contribution in [3.63, 3.8) is 0 Å². The van der Waals surface area contributed by atoms with Crippen molar-refractivity contribution in [2.45, 2.75) is 30.0 Å². The van der Waals surface area contributed by atoms with Gasteiger partial charge in [-0.25, -0.2) is 18.4 Å². The van der Waals surface area contributed by atoms with E-state index in [0.29, 0.717) is 37.7 Å². The van der Waals surface area contributed by atoms with Crippen molar-refractivity contribution in [3.8, 4) is 11.1 Å². The first-order valence-electron chi connectivity index (χ1n) is 11.3. The molecule has 2 aromatic heterocycles. The molecule has 3 heterocycles. The molecule has 0 aliphatic carbocycles. The maximum absolute atomic E-state index is 13.2. The molecule has 188 valence electrons. The summed E-state index contributed by atoms with van der Waals surface area (Å²) in [6.45, 7) is 0.583. The zero-order valence-corrected chi connectivity index (χ0v) is 19.8. The molecule has 2 aromatic carbocycles. The van der Waals surface area contributed by atoms with E-state index in [1.807, 2.05) is 18.2 Å². The molecule has 36 heavy (non-hydrogen) atoms. The fraction of sp³-hybridized carbons (Fsp3) is 0.250. The highest BCUT2D eigenvalue weighted by atomic mass is 32.2. The Morgan fingerprint density at radius 2 is 1.69 bits per heavy atom. The highest BCUT2D eigenvalue weighted by Crippen LogP contribution is 2.30. The van der Waals surface area contributed by atoms with Crippen molar-refractivity contribution in [2.75, 3.05) is 24.1 Å². The van der Waals surface area contributed by atoms with Crippen LogP contribution in [0.1, 0.15) is 18.4 Å². The summed E-state index contributed by atoms with van der Waals surface area (Å²) in [7, 11) is -3.68. The molecule has 0 amide bonds. The summed E-state index contributed by atoms with van der Waals surface area (Å²) >= 11 is 0. The fourth-order valence-corrected chi connectivity index (χ4v) is 5.74. The molecule has 1 saturated heterocycles. The number of alkyl halides is 3. The molecular formula is C24H23F3N6O2S. The van der Waals surface area contributed by atoms with Crippen LogP contribution >= 0.6 is 0 Å². The topological polar surface area (TPSA) is 117 Å². The second-order valence-electron chi connectivity index (χ2n) is 8.63. The summed E-state index contributed by atoms with van der Waals surface area (Å²) in [5.74, 6) is 0.661. The Bertz CT molecular complexity index is 1480. The number of halogens is 3. The van der Waals surface area contributed by atoms with Crippen molar-refractivity contribution in [3.05, 3.63) is 66.4 Å². The highest BCUT2D eigenvalue weighted by molar-refractivity contribution is 7.89. The Morgan fingerprint density at radius 1 is 1.00 bits per heavy atom. The van der Waals surface area contributed by atoms with Gasteiger partial charge in [0.1, 0.15) is 5.82 Å². The van der Waals surface area contributed by atoms with Crippen LogP contribution < -0.4 is 11.1 Å². The molecule has 0 saturated carbocycles. The maximum atomic E-state index is 13.2. The lowest BCUT2D eigenvalue weighted by molar-refractivity contribution is -0.137. The number of benzene rings is 2. The van der Waals surface area contributed by atoms with E-state index in [1.54, 1.807) is 24.3 Å². The second kappa shape index (κ2) is 9.10. The van der Waals surface area contributed by atoms with Crippen LogP contribution in [0.5, 0.6) is 0 Å².